The minimum atomic E-state index is -0.821. The summed E-state index contributed by atoms with van der Waals surface area (Å²) in [5.41, 5.74) is 7.02. The minimum Gasteiger partial charge on any atom is -0.439 e. The molecule has 1 atom stereocenters. The number of aromatic amines is 1. The fourth-order valence-electron chi connectivity index (χ4n) is 3.25. The van der Waals surface area contributed by atoms with Crippen LogP contribution in [0.15, 0.2) is 58.7 Å². The van der Waals surface area contributed by atoms with Crippen LogP contribution >= 0.6 is 23.2 Å². The smallest absolute Gasteiger partial charge is 0.256 e. The molecule has 128 valence electrons. The van der Waals surface area contributed by atoms with E-state index in [1.54, 1.807) is 36.4 Å². The Hall–Kier alpha value is -2.94. The van der Waals surface area contributed by atoms with Crippen LogP contribution in [0.4, 0.5) is 0 Å². The molecule has 0 radical (unpaired) electrons. The lowest BCUT2D eigenvalue weighted by Gasteiger charge is -2.27. The van der Waals surface area contributed by atoms with E-state index >= 15 is 0 Å². The lowest BCUT2D eigenvalue weighted by atomic mass is 9.83. The number of benzene rings is 2. The fraction of sp³-hybridized carbons (Fsp3) is 0.0526. The minimum absolute atomic E-state index is 0.0725. The van der Waals surface area contributed by atoms with Gasteiger partial charge in [-0.1, -0.05) is 41.4 Å². The van der Waals surface area contributed by atoms with E-state index in [4.69, 9.17) is 33.7 Å². The first-order valence-corrected chi connectivity index (χ1v) is 8.45. The zero-order chi connectivity index (χ0) is 18.4. The molecule has 1 aliphatic heterocycles. The standard InChI is InChI=1S/C19H11Cl2N3O2/c20-11-5-3-6-12(21)15(11)14-10(8-22)18(23)26-17-9-4-1-2-7-13(9)24-19(25)16(14)17/h1-7,14H,23H2,(H,24,25). The average Bonchev–Trinajstić information content (AvgIpc) is 2.61. The van der Waals surface area contributed by atoms with Crippen LogP contribution < -0.4 is 16.0 Å². The Morgan fingerprint density at radius 3 is 2.46 bits per heavy atom. The lowest BCUT2D eigenvalue weighted by molar-refractivity contribution is 0.397. The van der Waals surface area contributed by atoms with Gasteiger partial charge in [0.15, 0.2) is 0 Å². The normalized spacial score (nSPS) is 16.1. The van der Waals surface area contributed by atoms with E-state index < -0.39 is 5.92 Å². The number of nitrogens with one attached hydrogen (secondary N) is 1. The molecule has 0 saturated heterocycles. The maximum Gasteiger partial charge on any atom is 0.256 e. The summed E-state index contributed by atoms with van der Waals surface area (Å²) in [5, 5.41) is 11.0. The Morgan fingerprint density at radius 2 is 1.77 bits per heavy atom. The van der Waals surface area contributed by atoms with E-state index in [0.29, 0.717) is 32.3 Å². The topological polar surface area (TPSA) is 91.9 Å². The molecule has 2 aromatic carbocycles. The molecule has 0 spiro atoms. The summed E-state index contributed by atoms with van der Waals surface area (Å²) >= 11 is 12.7. The quantitative estimate of drug-likeness (QED) is 0.662. The molecule has 3 aromatic rings. The van der Waals surface area contributed by atoms with Gasteiger partial charge >= 0.3 is 0 Å². The highest BCUT2D eigenvalue weighted by Gasteiger charge is 2.36. The van der Waals surface area contributed by atoms with Crippen molar-refractivity contribution in [1.29, 1.82) is 5.26 Å². The summed E-state index contributed by atoms with van der Waals surface area (Å²) in [6, 6.07) is 14.2. The molecule has 7 heteroatoms. The van der Waals surface area contributed by atoms with Crippen molar-refractivity contribution in [3.8, 4) is 11.8 Å². The molecule has 0 fully saturated rings. The Morgan fingerprint density at radius 1 is 1.08 bits per heavy atom. The van der Waals surface area contributed by atoms with E-state index in [-0.39, 0.29) is 22.6 Å². The Balaban J connectivity index is 2.15. The lowest BCUT2D eigenvalue weighted by Crippen LogP contribution is -2.28. The van der Waals surface area contributed by atoms with Gasteiger partial charge in [-0.05, 0) is 24.3 Å². The van der Waals surface area contributed by atoms with Gasteiger partial charge in [-0.25, -0.2) is 0 Å². The van der Waals surface area contributed by atoms with Gasteiger partial charge in [-0.2, -0.15) is 5.26 Å². The number of aromatic nitrogens is 1. The molecular formula is C19H11Cl2N3O2. The number of ether oxygens (including phenoxy) is 1. The predicted octanol–water partition coefficient (Wildman–Crippen LogP) is 4.05. The van der Waals surface area contributed by atoms with Crippen LogP contribution in [-0.4, -0.2) is 4.98 Å². The van der Waals surface area contributed by atoms with Gasteiger partial charge in [-0.3, -0.25) is 4.79 Å². The third-order valence-electron chi connectivity index (χ3n) is 4.37. The summed E-state index contributed by atoms with van der Waals surface area (Å²) in [4.78, 5) is 15.7. The number of halogens is 2. The van der Waals surface area contributed by atoms with Crippen LogP contribution in [0, 0.1) is 11.3 Å². The molecule has 0 bridgehead atoms. The molecule has 1 aromatic heterocycles. The zero-order valence-electron chi connectivity index (χ0n) is 13.2. The van der Waals surface area contributed by atoms with Crippen LogP contribution in [0.25, 0.3) is 10.9 Å². The van der Waals surface area contributed by atoms with Crippen molar-refractivity contribution in [2.24, 2.45) is 5.73 Å². The van der Waals surface area contributed by atoms with Crippen LogP contribution in [0.2, 0.25) is 10.0 Å². The predicted molar refractivity (Wildman–Crippen MR) is 100 cm³/mol. The molecule has 0 saturated carbocycles. The van der Waals surface area contributed by atoms with Crippen LogP contribution in [-0.2, 0) is 0 Å². The van der Waals surface area contributed by atoms with E-state index in [0.717, 1.165) is 0 Å². The fourth-order valence-corrected chi connectivity index (χ4v) is 3.86. The SMILES string of the molecule is N#CC1=C(N)Oc2c(c(=O)[nH]c3ccccc23)C1c1c(Cl)cccc1Cl. The molecule has 5 nitrogen and oxygen atoms in total. The molecule has 1 aliphatic rings. The van der Waals surface area contributed by atoms with Gasteiger partial charge in [0.25, 0.3) is 5.56 Å². The monoisotopic (exact) mass is 383 g/mol. The van der Waals surface area contributed by atoms with Gasteiger partial charge in [0, 0.05) is 21.0 Å². The third-order valence-corrected chi connectivity index (χ3v) is 5.03. The van der Waals surface area contributed by atoms with Crippen LogP contribution in [0.3, 0.4) is 0 Å². The number of hydrogen-bond acceptors (Lipinski definition) is 4. The van der Waals surface area contributed by atoms with E-state index in [2.05, 4.69) is 4.98 Å². The van der Waals surface area contributed by atoms with Crippen molar-refractivity contribution < 1.29 is 4.74 Å². The summed E-state index contributed by atoms with van der Waals surface area (Å²) in [5.74, 6) is -0.586. The molecule has 0 aliphatic carbocycles. The highest BCUT2D eigenvalue weighted by molar-refractivity contribution is 6.36. The number of H-pyrrole nitrogens is 1. The number of para-hydroxylation sites is 1. The Bertz CT molecular complexity index is 1170. The maximum absolute atomic E-state index is 12.9. The van der Waals surface area contributed by atoms with Gasteiger partial charge in [0.1, 0.15) is 17.4 Å². The highest BCUT2D eigenvalue weighted by atomic mass is 35.5. The second kappa shape index (κ2) is 6.10. The number of fused-ring (bicyclic) bond motifs is 3. The number of rotatable bonds is 1. The van der Waals surface area contributed by atoms with Gasteiger partial charge < -0.3 is 15.5 Å². The number of pyridine rings is 1. The highest BCUT2D eigenvalue weighted by Crippen LogP contribution is 2.46. The molecule has 26 heavy (non-hydrogen) atoms. The Labute approximate surface area is 158 Å². The number of hydrogen-bond donors (Lipinski definition) is 2. The molecule has 1 unspecified atom stereocenters. The first-order chi connectivity index (χ1) is 12.5. The zero-order valence-corrected chi connectivity index (χ0v) is 14.7. The summed E-state index contributed by atoms with van der Waals surface area (Å²) in [6.45, 7) is 0. The molecular weight excluding hydrogens is 373 g/mol. The van der Waals surface area contributed by atoms with Gasteiger partial charge in [0.2, 0.25) is 5.88 Å². The number of nitriles is 1. The second-order valence-electron chi connectivity index (χ2n) is 5.80. The maximum atomic E-state index is 12.9. The van der Waals surface area contributed by atoms with Crippen molar-refractivity contribution in [3.05, 3.63) is 85.4 Å². The molecule has 4 rings (SSSR count). The van der Waals surface area contributed by atoms with Gasteiger partial charge in [0.05, 0.1) is 17.0 Å². The van der Waals surface area contributed by atoms with E-state index in [1.165, 1.54) is 0 Å². The summed E-state index contributed by atoms with van der Waals surface area (Å²) in [7, 11) is 0. The second-order valence-corrected chi connectivity index (χ2v) is 6.62. The summed E-state index contributed by atoms with van der Waals surface area (Å²) in [6.07, 6.45) is 0. The van der Waals surface area contributed by atoms with Crippen LogP contribution in [0.5, 0.6) is 5.75 Å². The summed E-state index contributed by atoms with van der Waals surface area (Å²) < 4.78 is 5.69. The number of allylic oxidation sites excluding steroid dienone is 1. The first-order valence-electron chi connectivity index (χ1n) is 7.69. The van der Waals surface area contributed by atoms with Crippen LogP contribution in [0.1, 0.15) is 17.0 Å². The average molecular weight is 384 g/mol. The Kier molecular flexibility index (Phi) is 3.87. The van der Waals surface area contributed by atoms with Crippen molar-refractivity contribution >= 4 is 34.1 Å². The number of nitrogens with zero attached hydrogens (tertiary/aromatic N) is 1. The first kappa shape index (κ1) is 16.5. The third kappa shape index (κ3) is 2.35. The van der Waals surface area contributed by atoms with Crippen molar-refractivity contribution in [3.63, 3.8) is 0 Å². The van der Waals surface area contributed by atoms with E-state index in [9.17, 15) is 10.1 Å². The van der Waals surface area contributed by atoms with Crippen molar-refractivity contribution in [2.45, 2.75) is 5.92 Å². The van der Waals surface area contributed by atoms with Crippen molar-refractivity contribution in [1.82, 2.24) is 4.98 Å². The van der Waals surface area contributed by atoms with Crippen molar-refractivity contribution in [2.75, 3.05) is 0 Å². The molecule has 2 heterocycles. The largest absolute Gasteiger partial charge is 0.439 e. The molecule has 3 N–H and O–H groups in total. The number of nitrogens with two attached hydrogens (primary N) is 1. The van der Waals surface area contributed by atoms with E-state index in [1.807, 2.05) is 12.1 Å². The molecule has 0 amide bonds. The van der Waals surface area contributed by atoms with Gasteiger partial charge in [-0.15, -0.1) is 0 Å².